The van der Waals surface area contributed by atoms with Crippen LogP contribution in [0, 0.1) is 5.41 Å². The van der Waals surface area contributed by atoms with Crippen molar-refractivity contribution in [3.63, 3.8) is 0 Å². The first-order valence-corrected chi connectivity index (χ1v) is 7.01. The number of halogens is 2. The van der Waals surface area contributed by atoms with Crippen LogP contribution in [0.1, 0.15) is 32.3 Å². The zero-order chi connectivity index (χ0) is 15.3. The third-order valence-electron chi connectivity index (χ3n) is 2.93. The van der Waals surface area contributed by atoms with E-state index in [-0.39, 0.29) is 24.6 Å². The Hall–Kier alpha value is -1.06. The van der Waals surface area contributed by atoms with Gasteiger partial charge >= 0.3 is 5.97 Å². The molecule has 0 saturated heterocycles. The second-order valence-corrected chi connectivity index (χ2v) is 6.39. The first kappa shape index (κ1) is 17.0. The van der Waals surface area contributed by atoms with Gasteiger partial charge in [-0.1, -0.05) is 43.1 Å². The molecule has 0 aliphatic heterocycles. The lowest BCUT2D eigenvalue weighted by atomic mass is 9.83. The molecule has 0 spiro atoms. The maximum atomic E-state index is 12.1. The highest BCUT2D eigenvalue weighted by molar-refractivity contribution is 6.35. The first-order chi connectivity index (χ1) is 9.23. The smallest absolute Gasteiger partial charge is 0.306 e. The summed E-state index contributed by atoms with van der Waals surface area (Å²) in [7, 11) is 1.34. The Morgan fingerprint density at radius 2 is 1.85 bits per heavy atom. The minimum absolute atomic E-state index is 0.0307. The number of benzene rings is 1. The monoisotopic (exact) mass is 316 g/mol. The zero-order valence-corrected chi connectivity index (χ0v) is 13.3. The van der Waals surface area contributed by atoms with Crippen molar-refractivity contribution < 1.29 is 14.3 Å². The Labute approximate surface area is 129 Å². The van der Waals surface area contributed by atoms with Gasteiger partial charge in [0.1, 0.15) is 5.78 Å². The number of carbonyl (C=O) groups excluding carboxylic acids is 2. The topological polar surface area (TPSA) is 43.4 Å². The molecule has 0 bridgehead atoms. The summed E-state index contributed by atoms with van der Waals surface area (Å²) in [6, 6.07) is 5.07. The first-order valence-electron chi connectivity index (χ1n) is 6.26. The van der Waals surface area contributed by atoms with Crippen LogP contribution in [-0.4, -0.2) is 18.9 Å². The molecule has 20 heavy (non-hydrogen) atoms. The van der Waals surface area contributed by atoms with Crippen molar-refractivity contribution in [3.05, 3.63) is 33.8 Å². The Morgan fingerprint density at radius 3 is 2.40 bits per heavy atom. The molecule has 3 nitrogen and oxygen atoms in total. The quantitative estimate of drug-likeness (QED) is 0.742. The second kappa shape index (κ2) is 7.09. The van der Waals surface area contributed by atoms with Gasteiger partial charge in [0, 0.05) is 22.9 Å². The largest absolute Gasteiger partial charge is 0.469 e. The van der Waals surface area contributed by atoms with Gasteiger partial charge in [-0.25, -0.2) is 0 Å². The van der Waals surface area contributed by atoms with Gasteiger partial charge in [0.25, 0.3) is 0 Å². The molecule has 1 rings (SSSR count). The van der Waals surface area contributed by atoms with Crippen LogP contribution < -0.4 is 0 Å². The Morgan fingerprint density at radius 1 is 1.20 bits per heavy atom. The van der Waals surface area contributed by atoms with Gasteiger partial charge in [0.15, 0.2) is 0 Å². The normalized spacial score (nSPS) is 11.2. The third-order valence-corrected chi connectivity index (χ3v) is 3.52. The van der Waals surface area contributed by atoms with E-state index in [9.17, 15) is 9.59 Å². The third kappa shape index (κ3) is 5.51. The van der Waals surface area contributed by atoms with Crippen LogP contribution in [0.2, 0.25) is 10.0 Å². The van der Waals surface area contributed by atoms with E-state index in [1.165, 1.54) is 7.11 Å². The number of hydrogen-bond donors (Lipinski definition) is 0. The van der Waals surface area contributed by atoms with E-state index in [0.29, 0.717) is 16.5 Å². The Balaban J connectivity index is 2.65. The fourth-order valence-corrected chi connectivity index (χ4v) is 2.47. The molecule has 1 aromatic carbocycles. The summed E-state index contributed by atoms with van der Waals surface area (Å²) < 4.78 is 4.63. The number of Topliss-reactive ketones (excluding diaryl/α,β-unsaturated/α-hetero) is 1. The lowest BCUT2D eigenvalue weighted by Gasteiger charge is -2.22. The van der Waals surface area contributed by atoms with Crippen LogP contribution in [0.4, 0.5) is 0 Å². The number of hydrogen-bond acceptors (Lipinski definition) is 3. The molecule has 1 aromatic rings. The average molecular weight is 317 g/mol. The molecule has 5 heteroatoms. The number of ketones is 1. The molecule has 0 amide bonds. The van der Waals surface area contributed by atoms with Crippen molar-refractivity contribution in [1.82, 2.24) is 0 Å². The lowest BCUT2D eigenvalue weighted by molar-refractivity contribution is -0.143. The molecule has 0 heterocycles. The van der Waals surface area contributed by atoms with Gasteiger partial charge in [-0.05, 0) is 23.1 Å². The summed E-state index contributed by atoms with van der Waals surface area (Å²) in [6.45, 7) is 3.73. The number of esters is 1. The predicted molar refractivity (Wildman–Crippen MR) is 80.2 cm³/mol. The highest BCUT2D eigenvalue weighted by Crippen LogP contribution is 2.28. The van der Waals surface area contributed by atoms with Crippen LogP contribution >= 0.6 is 23.2 Å². The number of methoxy groups -OCH3 is 1. The van der Waals surface area contributed by atoms with E-state index < -0.39 is 5.41 Å². The van der Waals surface area contributed by atoms with Gasteiger partial charge in [-0.15, -0.1) is 0 Å². The van der Waals surface area contributed by atoms with Crippen molar-refractivity contribution >= 4 is 35.0 Å². The highest BCUT2D eigenvalue weighted by Gasteiger charge is 2.26. The standard InChI is InChI=1S/C15H18Cl2O3/c1-15(2,9-14(19)20-3)8-12(18)6-10-4-5-11(16)7-13(10)17/h4-5,7H,6,8-9H2,1-3H3. The molecule has 0 fully saturated rings. The van der Waals surface area contributed by atoms with Gasteiger partial charge in [0.05, 0.1) is 13.5 Å². The highest BCUT2D eigenvalue weighted by atomic mass is 35.5. The van der Waals surface area contributed by atoms with Crippen molar-refractivity contribution in [2.24, 2.45) is 5.41 Å². The molecular weight excluding hydrogens is 299 g/mol. The number of ether oxygens (including phenoxy) is 1. The summed E-state index contributed by atoms with van der Waals surface area (Å²) in [4.78, 5) is 23.4. The molecule has 0 aliphatic rings. The predicted octanol–water partition coefficient (Wildman–Crippen LogP) is 4.08. The van der Waals surface area contributed by atoms with Crippen LogP contribution in [-0.2, 0) is 20.7 Å². The SMILES string of the molecule is COC(=O)CC(C)(C)CC(=O)Cc1ccc(Cl)cc1Cl. The van der Waals surface area contributed by atoms with Gasteiger partial charge < -0.3 is 4.74 Å². The summed E-state index contributed by atoms with van der Waals surface area (Å²) in [5.74, 6) is -0.282. The molecular formula is C15H18Cl2O3. The van der Waals surface area contributed by atoms with Crippen molar-refractivity contribution in [2.75, 3.05) is 7.11 Å². The Kier molecular flexibility index (Phi) is 6.03. The minimum Gasteiger partial charge on any atom is -0.469 e. The molecule has 110 valence electrons. The summed E-state index contributed by atoms with van der Waals surface area (Å²) in [5.41, 5.74) is 0.318. The molecule has 0 atom stereocenters. The van der Waals surface area contributed by atoms with E-state index in [0.717, 1.165) is 5.56 Å². The fourth-order valence-electron chi connectivity index (χ4n) is 2.00. The molecule has 0 N–H and O–H groups in total. The molecule has 0 radical (unpaired) electrons. The summed E-state index contributed by atoms with van der Waals surface area (Å²) in [5, 5.41) is 1.02. The Bertz CT molecular complexity index is 510. The van der Waals surface area contributed by atoms with Gasteiger partial charge in [-0.2, -0.15) is 0 Å². The molecule has 0 unspecified atom stereocenters. The van der Waals surface area contributed by atoms with E-state index in [4.69, 9.17) is 23.2 Å². The van der Waals surface area contributed by atoms with Gasteiger partial charge in [-0.3, -0.25) is 9.59 Å². The fraction of sp³-hybridized carbons (Fsp3) is 0.467. The zero-order valence-electron chi connectivity index (χ0n) is 11.8. The molecule has 0 saturated carbocycles. The van der Waals surface area contributed by atoms with E-state index >= 15 is 0 Å². The summed E-state index contributed by atoms with van der Waals surface area (Å²) >= 11 is 11.9. The van der Waals surface area contributed by atoms with Crippen molar-refractivity contribution in [3.8, 4) is 0 Å². The van der Waals surface area contributed by atoms with Gasteiger partial charge in [0.2, 0.25) is 0 Å². The van der Waals surface area contributed by atoms with Crippen LogP contribution in [0.5, 0.6) is 0 Å². The van der Waals surface area contributed by atoms with E-state index in [1.807, 2.05) is 13.8 Å². The maximum absolute atomic E-state index is 12.1. The van der Waals surface area contributed by atoms with E-state index in [2.05, 4.69) is 4.74 Å². The van der Waals surface area contributed by atoms with Crippen molar-refractivity contribution in [2.45, 2.75) is 33.1 Å². The van der Waals surface area contributed by atoms with Crippen LogP contribution in [0.15, 0.2) is 18.2 Å². The molecule has 0 aromatic heterocycles. The van der Waals surface area contributed by atoms with E-state index in [1.54, 1.807) is 18.2 Å². The number of carbonyl (C=O) groups is 2. The second-order valence-electron chi connectivity index (χ2n) is 5.55. The number of rotatable bonds is 6. The maximum Gasteiger partial charge on any atom is 0.306 e. The van der Waals surface area contributed by atoms with Crippen molar-refractivity contribution in [1.29, 1.82) is 0 Å². The average Bonchev–Trinajstić information content (AvgIpc) is 2.31. The summed E-state index contributed by atoms with van der Waals surface area (Å²) in [6.07, 6.45) is 0.741. The van der Waals surface area contributed by atoms with Crippen LogP contribution in [0.25, 0.3) is 0 Å². The lowest BCUT2D eigenvalue weighted by Crippen LogP contribution is -2.22. The van der Waals surface area contributed by atoms with Crippen LogP contribution in [0.3, 0.4) is 0 Å². The molecule has 0 aliphatic carbocycles. The minimum atomic E-state index is -0.428.